The highest BCUT2D eigenvalue weighted by Gasteiger charge is 2.36. The minimum Gasteiger partial charge on any atom is -0.507 e. The predicted molar refractivity (Wildman–Crippen MR) is 169 cm³/mol. The van der Waals surface area contributed by atoms with E-state index in [1.165, 1.54) is 35.2 Å². The third-order valence-corrected chi connectivity index (χ3v) is 8.62. The van der Waals surface area contributed by atoms with Crippen LogP contribution in [0.15, 0.2) is 42.0 Å². The van der Waals surface area contributed by atoms with E-state index in [2.05, 4.69) is 21.5 Å². The molecule has 45 heavy (non-hydrogen) atoms. The lowest BCUT2D eigenvalue weighted by Crippen LogP contribution is -2.56. The van der Waals surface area contributed by atoms with Gasteiger partial charge in [0.1, 0.15) is 39.8 Å². The van der Waals surface area contributed by atoms with Gasteiger partial charge in [-0.05, 0) is 30.0 Å². The number of carbonyl (C=O) groups excluding carboxylic acids is 1. The Kier molecular flexibility index (Phi) is 7.94. The van der Waals surface area contributed by atoms with Gasteiger partial charge in [-0.3, -0.25) is 4.79 Å². The van der Waals surface area contributed by atoms with E-state index in [0.717, 1.165) is 0 Å². The van der Waals surface area contributed by atoms with Crippen LogP contribution in [-0.2, 0) is 4.79 Å². The van der Waals surface area contributed by atoms with Gasteiger partial charge in [0.2, 0.25) is 5.91 Å². The number of amides is 1. The molecule has 1 unspecified atom stereocenters. The Hall–Kier alpha value is -4.58. The highest BCUT2D eigenvalue weighted by atomic mass is 35.5. The maximum absolute atomic E-state index is 15.3. The molecule has 5 heterocycles. The van der Waals surface area contributed by atoms with E-state index in [1.807, 2.05) is 32.6 Å². The van der Waals surface area contributed by atoms with Crippen LogP contribution in [0.3, 0.4) is 0 Å². The maximum atomic E-state index is 15.3. The largest absolute Gasteiger partial charge is 0.507 e. The number of hydrogen-bond donors (Lipinski definition) is 1. The molecule has 0 spiro atoms. The van der Waals surface area contributed by atoms with Crippen LogP contribution in [0.25, 0.3) is 28.0 Å². The van der Waals surface area contributed by atoms with Gasteiger partial charge in [-0.15, -0.1) is 0 Å². The first kappa shape index (κ1) is 30.4. The number of phenols is 1. The van der Waals surface area contributed by atoms with Gasteiger partial charge in [0.05, 0.1) is 35.3 Å². The molecule has 0 bridgehead atoms. The highest BCUT2D eigenvalue weighted by Crippen LogP contribution is 2.47. The molecule has 1 N–H and O–H groups in total. The summed E-state index contributed by atoms with van der Waals surface area (Å²) in [6.07, 6.45) is 3.23. The molecule has 1 fully saturated rings. The number of phenolic OH excluding ortho intramolecular Hbond substituents is 1. The number of nitrogens with zero attached hydrogens (tertiary/aromatic N) is 7. The topological polar surface area (TPSA) is 127 Å². The predicted octanol–water partition coefficient (Wildman–Crippen LogP) is 4.97. The fourth-order valence-corrected chi connectivity index (χ4v) is 6.41. The summed E-state index contributed by atoms with van der Waals surface area (Å²) in [5.41, 5.74) is 0.764. The van der Waals surface area contributed by atoms with Gasteiger partial charge in [0, 0.05) is 26.1 Å². The molecular weight excluding hydrogens is 601 g/mol. The minimum absolute atomic E-state index is 0.0347. The Morgan fingerprint density at radius 2 is 1.87 bits per heavy atom. The standard InChI is InChI=1S/C32H33ClFN7O4/c1-6-21(43)39-11-12-40-18(14-39)10-13-45-29-23-30(40)38-32(44)41(28-25(16(2)3)35-15-36-26(28)17(4)5)31(23)37-27(24(29)33)22-19(34)8-7-9-20(22)42/h6-9,15-18,42H,1,10-14H2,2-5H3. The molecule has 4 aromatic rings. The average molecular weight is 634 g/mol. The molecule has 6 rings (SSSR count). The van der Waals surface area contributed by atoms with Crippen molar-refractivity contribution in [1.29, 1.82) is 0 Å². The van der Waals surface area contributed by atoms with Crippen molar-refractivity contribution >= 4 is 34.4 Å². The lowest BCUT2D eigenvalue weighted by atomic mass is 10.0. The number of carbonyl (C=O) groups is 1. The quantitative estimate of drug-likeness (QED) is 0.303. The van der Waals surface area contributed by atoms with Gasteiger partial charge >= 0.3 is 5.69 Å². The van der Waals surface area contributed by atoms with Gasteiger partial charge in [0.15, 0.2) is 11.4 Å². The Morgan fingerprint density at radius 1 is 1.16 bits per heavy atom. The summed E-state index contributed by atoms with van der Waals surface area (Å²) in [5.74, 6) is -1.07. The zero-order valence-electron chi connectivity index (χ0n) is 25.4. The van der Waals surface area contributed by atoms with Crippen molar-refractivity contribution in [3.05, 3.63) is 69.9 Å². The molecule has 1 amide bonds. The number of halogens is 2. The second kappa shape index (κ2) is 11.7. The summed E-state index contributed by atoms with van der Waals surface area (Å²) in [6.45, 7) is 12.8. The van der Waals surface area contributed by atoms with E-state index in [9.17, 15) is 14.7 Å². The molecule has 3 aromatic heterocycles. The summed E-state index contributed by atoms with van der Waals surface area (Å²) in [6, 6.07) is 3.68. The molecule has 0 radical (unpaired) electrons. The lowest BCUT2D eigenvalue weighted by Gasteiger charge is -2.43. The van der Waals surface area contributed by atoms with E-state index in [1.54, 1.807) is 4.90 Å². The number of hydrogen-bond acceptors (Lipinski definition) is 9. The summed E-state index contributed by atoms with van der Waals surface area (Å²) >= 11 is 6.97. The molecule has 11 nitrogen and oxygen atoms in total. The Labute approximate surface area is 264 Å². The molecular formula is C32H33ClFN7O4. The van der Waals surface area contributed by atoms with Crippen LogP contribution in [0.1, 0.15) is 57.3 Å². The monoisotopic (exact) mass is 633 g/mol. The third kappa shape index (κ3) is 5.06. The molecule has 0 aliphatic carbocycles. The highest BCUT2D eigenvalue weighted by molar-refractivity contribution is 6.36. The number of fused-ring (bicyclic) bond motifs is 2. The van der Waals surface area contributed by atoms with Gasteiger partial charge in [-0.1, -0.05) is 51.9 Å². The number of ether oxygens (including phenoxy) is 1. The van der Waals surface area contributed by atoms with Crippen LogP contribution in [0.5, 0.6) is 11.5 Å². The average Bonchev–Trinajstić information content (AvgIpc) is 3.00. The maximum Gasteiger partial charge on any atom is 0.355 e. The summed E-state index contributed by atoms with van der Waals surface area (Å²) in [4.78, 5) is 49.0. The second-order valence-electron chi connectivity index (χ2n) is 11.8. The van der Waals surface area contributed by atoms with Crippen molar-refractivity contribution in [2.24, 2.45) is 0 Å². The normalized spacial score (nSPS) is 16.4. The van der Waals surface area contributed by atoms with Crippen molar-refractivity contribution < 1.29 is 19.0 Å². The van der Waals surface area contributed by atoms with Crippen LogP contribution in [0.4, 0.5) is 10.2 Å². The fraction of sp³-hybridized carbons (Fsp3) is 0.375. The second-order valence-corrected chi connectivity index (χ2v) is 12.1. The van der Waals surface area contributed by atoms with Gasteiger partial charge < -0.3 is 19.6 Å². The van der Waals surface area contributed by atoms with E-state index in [-0.39, 0.29) is 63.8 Å². The summed E-state index contributed by atoms with van der Waals surface area (Å²) < 4.78 is 23.0. The van der Waals surface area contributed by atoms with E-state index < -0.39 is 11.5 Å². The van der Waals surface area contributed by atoms with Crippen LogP contribution in [0, 0.1) is 5.82 Å². The van der Waals surface area contributed by atoms with Crippen molar-refractivity contribution in [2.45, 2.75) is 52.0 Å². The van der Waals surface area contributed by atoms with Gasteiger partial charge in [-0.25, -0.2) is 28.7 Å². The molecule has 1 aromatic carbocycles. The van der Waals surface area contributed by atoms with E-state index >= 15 is 4.39 Å². The molecule has 13 heteroatoms. The number of benzene rings is 1. The number of piperazine rings is 1. The Bertz CT molecular complexity index is 1860. The molecule has 1 atom stereocenters. The number of aromatic hydroxyl groups is 1. The number of anilines is 1. The van der Waals surface area contributed by atoms with Crippen molar-refractivity contribution in [1.82, 2.24) is 29.4 Å². The number of pyridine rings is 1. The van der Waals surface area contributed by atoms with Gasteiger partial charge in [0.25, 0.3) is 0 Å². The van der Waals surface area contributed by atoms with Gasteiger partial charge in [-0.2, -0.15) is 4.98 Å². The zero-order chi connectivity index (χ0) is 32.2. The van der Waals surface area contributed by atoms with Crippen molar-refractivity contribution in [3.8, 4) is 28.4 Å². The Balaban J connectivity index is 1.74. The van der Waals surface area contributed by atoms with Crippen LogP contribution in [-0.4, -0.2) is 72.7 Å². The van der Waals surface area contributed by atoms with Crippen LogP contribution in [0.2, 0.25) is 5.02 Å². The summed E-state index contributed by atoms with van der Waals surface area (Å²) in [7, 11) is 0. The first-order valence-corrected chi connectivity index (χ1v) is 15.2. The molecule has 2 aliphatic rings. The molecule has 2 aliphatic heterocycles. The minimum atomic E-state index is -0.748. The van der Waals surface area contributed by atoms with Crippen molar-refractivity contribution in [2.75, 3.05) is 31.1 Å². The van der Waals surface area contributed by atoms with E-state index in [4.69, 9.17) is 21.3 Å². The SMILES string of the molecule is C=CC(=O)N1CCN2c3nc(=O)n(-c4c(C(C)C)ncnc4C(C)C)c4nc(-c5c(O)cccc5F)c(Cl)c(c34)OCCC2C1. The fourth-order valence-electron chi connectivity index (χ4n) is 6.13. The molecule has 234 valence electrons. The zero-order valence-corrected chi connectivity index (χ0v) is 26.2. The lowest BCUT2D eigenvalue weighted by molar-refractivity contribution is -0.126. The molecule has 0 saturated carbocycles. The first-order chi connectivity index (χ1) is 21.5. The number of aromatic nitrogens is 5. The van der Waals surface area contributed by atoms with Crippen molar-refractivity contribution in [3.63, 3.8) is 0 Å². The van der Waals surface area contributed by atoms with Crippen LogP contribution < -0.4 is 15.3 Å². The first-order valence-electron chi connectivity index (χ1n) is 14.8. The smallest absolute Gasteiger partial charge is 0.355 e. The van der Waals surface area contributed by atoms with Crippen LogP contribution >= 0.6 is 11.6 Å². The van der Waals surface area contributed by atoms with E-state index in [0.29, 0.717) is 54.3 Å². The number of rotatable bonds is 5. The summed E-state index contributed by atoms with van der Waals surface area (Å²) in [5, 5.41) is 11.1. The molecule has 1 saturated heterocycles. The Morgan fingerprint density at radius 3 is 2.51 bits per heavy atom. The third-order valence-electron chi connectivity index (χ3n) is 8.27.